The summed E-state index contributed by atoms with van der Waals surface area (Å²) in [4.78, 5) is 12.5. The van der Waals surface area contributed by atoms with Crippen molar-refractivity contribution in [1.29, 1.82) is 0 Å². The van der Waals surface area contributed by atoms with E-state index in [1.807, 2.05) is 25.1 Å². The number of piperidine rings is 1. The summed E-state index contributed by atoms with van der Waals surface area (Å²) in [6, 6.07) is 5.71. The van der Waals surface area contributed by atoms with Gasteiger partial charge in [0.05, 0.1) is 12.3 Å². The molecule has 1 saturated heterocycles. The zero-order chi connectivity index (χ0) is 14.9. The summed E-state index contributed by atoms with van der Waals surface area (Å²) < 4.78 is 6.55. The molecule has 0 radical (unpaired) electrons. The molecule has 0 aromatic heterocycles. The third kappa shape index (κ3) is 3.58. The van der Waals surface area contributed by atoms with E-state index in [2.05, 4.69) is 26.6 Å². The molecule has 1 aliphatic heterocycles. The Labute approximate surface area is 145 Å². The first-order chi connectivity index (χ1) is 10.1. The molecule has 1 saturated carbocycles. The fourth-order valence-electron chi connectivity index (χ4n) is 3.29. The van der Waals surface area contributed by atoms with Gasteiger partial charge in [-0.3, -0.25) is 4.79 Å². The molecule has 3 rings (SSSR count). The Morgan fingerprint density at radius 1 is 1.45 bits per heavy atom. The largest absolute Gasteiger partial charge is 0.492 e. The van der Waals surface area contributed by atoms with Gasteiger partial charge in [-0.15, -0.1) is 12.4 Å². The molecule has 1 amide bonds. The molecule has 1 spiro atoms. The van der Waals surface area contributed by atoms with Crippen molar-refractivity contribution in [3.8, 4) is 5.75 Å². The van der Waals surface area contributed by atoms with Crippen molar-refractivity contribution in [3.05, 3.63) is 22.7 Å². The van der Waals surface area contributed by atoms with Crippen LogP contribution in [-0.2, 0) is 4.79 Å². The number of benzene rings is 1. The highest BCUT2D eigenvalue weighted by Crippen LogP contribution is 2.58. The summed E-state index contributed by atoms with van der Waals surface area (Å²) in [6.45, 7) is 4.59. The van der Waals surface area contributed by atoms with Crippen LogP contribution in [0.5, 0.6) is 5.75 Å². The second-order valence-electron chi connectivity index (χ2n) is 5.93. The Balaban J connectivity index is 0.00000176. The molecule has 1 heterocycles. The van der Waals surface area contributed by atoms with Gasteiger partial charge in [0.2, 0.25) is 5.91 Å². The van der Waals surface area contributed by atoms with E-state index in [0.29, 0.717) is 6.61 Å². The zero-order valence-electron chi connectivity index (χ0n) is 12.7. The SMILES string of the molecule is CCOc1cc(Br)ccc1NC(=O)C1CC12CCNCC2.Cl. The van der Waals surface area contributed by atoms with E-state index in [0.717, 1.165) is 48.3 Å². The number of rotatable bonds is 4. The molecule has 122 valence electrons. The number of carbonyl (C=O) groups is 1. The molecule has 1 aromatic rings. The number of hydrogen-bond acceptors (Lipinski definition) is 3. The Bertz CT molecular complexity index is 547. The fourth-order valence-corrected chi connectivity index (χ4v) is 3.63. The molecule has 1 atom stereocenters. The standard InChI is InChI=1S/C16H21BrN2O2.ClH/c1-2-21-14-9-11(17)3-4-13(14)19-15(20)12-10-16(12)5-7-18-8-6-16;/h3-4,9,12,18H,2,5-8,10H2,1H3,(H,19,20);1H. The van der Waals surface area contributed by atoms with Crippen LogP contribution in [0.1, 0.15) is 26.2 Å². The van der Waals surface area contributed by atoms with E-state index in [-0.39, 0.29) is 29.6 Å². The predicted molar refractivity (Wildman–Crippen MR) is 93.8 cm³/mol. The van der Waals surface area contributed by atoms with Crippen molar-refractivity contribution in [2.75, 3.05) is 25.0 Å². The molecule has 6 heteroatoms. The van der Waals surface area contributed by atoms with Gasteiger partial charge in [0.25, 0.3) is 0 Å². The van der Waals surface area contributed by atoms with E-state index >= 15 is 0 Å². The Kier molecular flexibility index (Phi) is 5.75. The first-order valence-corrected chi connectivity index (χ1v) is 8.38. The van der Waals surface area contributed by atoms with Gasteiger partial charge < -0.3 is 15.4 Å². The maximum Gasteiger partial charge on any atom is 0.228 e. The van der Waals surface area contributed by atoms with Crippen LogP contribution >= 0.6 is 28.3 Å². The van der Waals surface area contributed by atoms with Gasteiger partial charge in [0, 0.05) is 10.4 Å². The minimum atomic E-state index is 0. The van der Waals surface area contributed by atoms with Crippen LogP contribution in [-0.4, -0.2) is 25.6 Å². The number of anilines is 1. The molecule has 1 unspecified atom stereocenters. The second kappa shape index (κ2) is 7.20. The molecule has 2 fully saturated rings. The number of ether oxygens (including phenoxy) is 1. The lowest BCUT2D eigenvalue weighted by atomic mass is 9.92. The summed E-state index contributed by atoms with van der Waals surface area (Å²) in [5.74, 6) is 1.03. The predicted octanol–water partition coefficient (Wildman–Crippen LogP) is 3.60. The summed E-state index contributed by atoms with van der Waals surface area (Å²) in [5, 5.41) is 6.42. The van der Waals surface area contributed by atoms with Gasteiger partial charge in [-0.05, 0) is 62.9 Å². The lowest BCUT2D eigenvalue weighted by Crippen LogP contribution is -2.31. The van der Waals surface area contributed by atoms with Gasteiger partial charge in [-0.1, -0.05) is 15.9 Å². The number of amides is 1. The number of hydrogen-bond donors (Lipinski definition) is 2. The zero-order valence-corrected chi connectivity index (χ0v) is 15.1. The van der Waals surface area contributed by atoms with E-state index in [1.165, 1.54) is 0 Å². The Hall–Kier alpha value is -0.780. The lowest BCUT2D eigenvalue weighted by molar-refractivity contribution is -0.118. The molecule has 2 N–H and O–H groups in total. The quantitative estimate of drug-likeness (QED) is 0.827. The fraction of sp³-hybridized carbons (Fsp3) is 0.562. The molecular weight excluding hydrogens is 368 g/mol. The minimum absolute atomic E-state index is 0. The topological polar surface area (TPSA) is 50.4 Å². The molecule has 0 bridgehead atoms. The average Bonchev–Trinajstić information content (AvgIpc) is 3.16. The smallest absolute Gasteiger partial charge is 0.228 e. The van der Waals surface area contributed by atoms with Gasteiger partial charge >= 0.3 is 0 Å². The third-order valence-electron chi connectivity index (χ3n) is 4.61. The number of nitrogens with one attached hydrogen (secondary N) is 2. The molecular formula is C16H22BrClN2O2. The van der Waals surface area contributed by atoms with Crippen LogP contribution in [0.4, 0.5) is 5.69 Å². The lowest BCUT2D eigenvalue weighted by Gasteiger charge is -2.23. The maximum atomic E-state index is 12.5. The number of halogens is 2. The molecule has 2 aliphatic rings. The van der Waals surface area contributed by atoms with Crippen LogP contribution in [0.3, 0.4) is 0 Å². The summed E-state index contributed by atoms with van der Waals surface area (Å²) in [6.07, 6.45) is 3.26. The first kappa shape index (κ1) is 17.6. The monoisotopic (exact) mass is 388 g/mol. The first-order valence-electron chi connectivity index (χ1n) is 7.58. The van der Waals surface area contributed by atoms with E-state index < -0.39 is 0 Å². The Morgan fingerprint density at radius 3 is 2.86 bits per heavy atom. The van der Waals surface area contributed by atoms with Crippen LogP contribution in [0, 0.1) is 11.3 Å². The van der Waals surface area contributed by atoms with Crippen molar-refractivity contribution in [2.45, 2.75) is 26.2 Å². The van der Waals surface area contributed by atoms with Gasteiger partial charge in [0.15, 0.2) is 0 Å². The van der Waals surface area contributed by atoms with Crippen molar-refractivity contribution in [2.24, 2.45) is 11.3 Å². The van der Waals surface area contributed by atoms with Gasteiger partial charge in [-0.25, -0.2) is 0 Å². The van der Waals surface area contributed by atoms with Gasteiger partial charge in [-0.2, -0.15) is 0 Å². The highest BCUT2D eigenvalue weighted by molar-refractivity contribution is 9.10. The normalized spacial score (nSPS) is 21.8. The Morgan fingerprint density at radius 2 is 2.18 bits per heavy atom. The van der Waals surface area contributed by atoms with E-state index in [4.69, 9.17) is 4.74 Å². The van der Waals surface area contributed by atoms with Crippen molar-refractivity contribution in [1.82, 2.24) is 5.32 Å². The molecule has 22 heavy (non-hydrogen) atoms. The summed E-state index contributed by atoms with van der Waals surface area (Å²) in [5.41, 5.74) is 1.03. The minimum Gasteiger partial charge on any atom is -0.492 e. The average molecular weight is 390 g/mol. The molecule has 4 nitrogen and oxygen atoms in total. The molecule has 1 aliphatic carbocycles. The maximum absolute atomic E-state index is 12.5. The van der Waals surface area contributed by atoms with E-state index in [9.17, 15) is 4.79 Å². The third-order valence-corrected chi connectivity index (χ3v) is 5.10. The van der Waals surface area contributed by atoms with Crippen LogP contribution in [0.15, 0.2) is 22.7 Å². The summed E-state index contributed by atoms with van der Waals surface area (Å²) in [7, 11) is 0. The van der Waals surface area contributed by atoms with Crippen LogP contribution < -0.4 is 15.4 Å². The van der Waals surface area contributed by atoms with Crippen LogP contribution in [0.2, 0.25) is 0 Å². The van der Waals surface area contributed by atoms with Crippen LogP contribution in [0.25, 0.3) is 0 Å². The van der Waals surface area contributed by atoms with E-state index in [1.54, 1.807) is 0 Å². The highest BCUT2D eigenvalue weighted by Gasteiger charge is 2.57. The van der Waals surface area contributed by atoms with Crippen molar-refractivity contribution < 1.29 is 9.53 Å². The van der Waals surface area contributed by atoms with Crippen molar-refractivity contribution >= 4 is 39.9 Å². The van der Waals surface area contributed by atoms with Crippen molar-refractivity contribution in [3.63, 3.8) is 0 Å². The second-order valence-corrected chi connectivity index (χ2v) is 6.85. The number of carbonyl (C=O) groups excluding carboxylic acids is 1. The highest BCUT2D eigenvalue weighted by atomic mass is 79.9. The summed E-state index contributed by atoms with van der Waals surface area (Å²) >= 11 is 3.43. The van der Waals surface area contributed by atoms with Gasteiger partial charge in [0.1, 0.15) is 5.75 Å². The molecule has 1 aromatic carbocycles.